The molecule has 0 heterocycles. The predicted octanol–water partition coefficient (Wildman–Crippen LogP) is 2.39. The lowest BCUT2D eigenvalue weighted by Gasteiger charge is -2.19. The summed E-state index contributed by atoms with van der Waals surface area (Å²) < 4.78 is 5.42. The molecule has 1 amide bonds. The van der Waals surface area contributed by atoms with Crippen molar-refractivity contribution >= 4 is 27.8 Å². The van der Waals surface area contributed by atoms with E-state index in [1.54, 1.807) is 12.1 Å². The number of carbonyl (C=O) groups is 2. The SMILES string of the molecule is CCN(CC(=O)OC)C(=O)c1cc(C)cc(Br)c1. The number of hydrogen-bond acceptors (Lipinski definition) is 3. The van der Waals surface area contributed by atoms with Crippen LogP contribution in [0.15, 0.2) is 22.7 Å². The van der Waals surface area contributed by atoms with E-state index in [2.05, 4.69) is 20.7 Å². The average Bonchev–Trinajstić information content (AvgIpc) is 2.33. The van der Waals surface area contributed by atoms with Gasteiger partial charge in [0.05, 0.1) is 7.11 Å². The van der Waals surface area contributed by atoms with Gasteiger partial charge in [-0.05, 0) is 37.6 Å². The lowest BCUT2D eigenvalue weighted by atomic mass is 10.1. The predicted molar refractivity (Wildman–Crippen MR) is 72.5 cm³/mol. The molecular formula is C13H16BrNO3. The summed E-state index contributed by atoms with van der Waals surface area (Å²) >= 11 is 3.35. The van der Waals surface area contributed by atoms with Crippen molar-refractivity contribution in [1.82, 2.24) is 4.90 Å². The fourth-order valence-electron chi connectivity index (χ4n) is 1.59. The van der Waals surface area contributed by atoms with E-state index in [0.29, 0.717) is 12.1 Å². The summed E-state index contributed by atoms with van der Waals surface area (Å²) in [5.74, 6) is -0.593. The molecule has 0 N–H and O–H groups in total. The van der Waals surface area contributed by atoms with Crippen LogP contribution < -0.4 is 0 Å². The third-order valence-corrected chi connectivity index (χ3v) is 2.96. The number of nitrogens with zero attached hydrogens (tertiary/aromatic N) is 1. The summed E-state index contributed by atoms with van der Waals surface area (Å²) in [6.07, 6.45) is 0. The van der Waals surface area contributed by atoms with Crippen molar-refractivity contribution in [1.29, 1.82) is 0 Å². The molecular weight excluding hydrogens is 298 g/mol. The molecule has 0 saturated carbocycles. The Balaban J connectivity index is 2.92. The number of likely N-dealkylation sites (N-methyl/N-ethyl adjacent to an activating group) is 1. The molecule has 0 atom stereocenters. The average molecular weight is 314 g/mol. The Kier molecular flexibility index (Phi) is 5.34. The number of amides is 1. The van der Waals surface area contributed by atoms with Crippen LogP contribution in [0.5, 0.6) is 0 Å². The number of hydrogen-bond donors (Lipinski definition) is 0. The Morgan fingerprint density at radius 3 is 2.50 bits per heavy atom. The van der Waals surface area contributed by atoms with Gasteiger partial charge in [0.2, 0.25) is 0 Å². The van der Waals surface area contributed by atoms with Gasteiger partial charge in [0.25, 0.3) is 5.91 Å². The maximum absolute atomic E-state index is 12.2. The molecule has 18 heavy (non-hydrogen) atoms. The number of benzene rings is 1. The molecule has 5 heteroatoms. The van der Waals surface area contributed by atoms with Crippen molar-refractivity contribution in [3.05, 3.63) is 33.8 Å². The minimum absolute atomic E-state index is 0.0304. The van der Waals surface area contributed by atoms with E-state index in [0.717, 1.165) is 10.0 Å². The van der Waals surface area contributed by atoms with Crippen molar-refractivity contribution in [2.45, 2.75) is 13.8 Å². The van der Waals surface area contributed by atoms with Crippen LogP contribution in [0, 0.1) is 6.92 Å². The fraction of sp³-hybridized carbons (Fsp3) is 0.385. The molecule has 0 aliphatic carbocycles. The maximum atomic E-state index is 12.2. The molecule has 0 aliphatic heterocycles. The third-order valence-electron chi connectivity index (χ3n) is 2.51. The normalized spacial score (nSPS) is 10.0. The van der Waals surface area contributed by atoms with Crippen LogP contribution in [0.2, 0.25) is 0 Å². The van der Waals surface area contributed by atoms with Gasteiger partial charge in [-0.15, -0.1) is 0 Å². The molecule has 1 aromatic carbocycles. The van der Waals surface area contributed by atoms with Gasteiger partial charge < -0.3 is 9.64 Å². The van der Waals surface area contributed by atoms with E-state index >= 15 is 0 Å². The standard InChI is InChI=1S/C13H16BrNO3/c1-4-15(8-12(16)18-3)13(17)10-5-9(2)6-11(14)7-10/h5-7H,4,8H2,1-3H3. The lowest BCUT2D eigenvalue weighted by molar-refractivity contribution is -0.141. The summed E-state index contributed by atoms with van der Waals surface area (Å²) in [4.78, 5) is 24.9. The Bertz CT molecular complexity index is 439. The lowest BCUT2D eigenvalue weighted by Crippen LogP contribution is -2.36. The van der Waals surface area contributed by atoms with Crippen LogP contribution >= 0.6 is 15.9 Å². The van der Waals surface area contributed by atoms with Crippen LogP contribution in [0.4, 0.5) is 0 Å². The van der Waals surface area contributed by atoms with Gasteiger partial charge in [0.15, 0.2) is 0 Å². The maximum Gasteiger partial charge on any atom is 0.325 e. The van der Waals surface area contributed by atoms with E-state index in [1.165, 1.54) is 12.0 Å². The van der Waals surface area contributed by atoms with Gasteiger partial charge in [-0.2, -0.15) is 0 Å². The van der Waals surface area contributed by atoms with Crippen molar-refractivity contribution in [2.24, 2.45) is 0 Å². The molecule has 1 aromatic rings. The molecule has 0 radical (unpaired) electrons. The Morgan fingerprint density at radius 1 is 1.33 bits per heavy atom. The first-order valence-corrected chi connectivity index (χ1v) is 6.40. The zero-order valence-corrected chi connectivity index (χ0v) is 12.3. The number of rotatable bonds is 4. The Labute approximate surface area is 115 Å². The van der Waals surface area contributed by atoms with E-state index < -0.39 is 5.97 Å². The van der Waals surface area contributed by atoms with Crippen molar-refractivity contribution in [2.75, 3.05) is 20.2 Å². The monoisotopic (exact) mass is 313 g/mol. The molecule has 98 valence electrons. The fourth-order valence-corrected chi connectivity index (χ4v) is 2.20. The second-order valence-corrected chi connectivity index (χ2v) is 4.83. The zero-order valence-electron chi connectivity index (χ0n) is 10.7. The number of aryl methyl sites for hydroxylation is 1. The molecule has 0 aromatic heterocycles. The molecule has 0 saturated heterocycles. The first-order valence-electron chi connectivity index (χ1n) is 5.61. The second-order valence-electron chi connectivity index (χ2n) is 3.91. The van der Waals surface area contributed by atoms with Gasteiger partial charge in [0.1, 0.15) is 6.54 Å². The molecule has 1 rings (SSSR count). The molecule has 0 aliphatic rings. The molecule has 4 nitrogen and oxygen atoms in total. The van der Waals surface area contributed by atoms with Crippen LogP contribution in [-0.4, -0.2) is 37.0 Å². The topological polar surface area (TPSA) is 46.6 Å². The Hall–Kier alpha value is -1.36. The smallest absolute Gasteiger partial charge is 0.325 e. The van der Waals surface area contributed by atoms with Crippen LogP contribution in [0.3, 0.4) is 0 Å². The minimum Gasteiger partial charge on any atom is -0.468 e. The summed E-state index contributed by atoms with van der Waals surface area (Å²) in [5, 5.41) is 0. The second kappa shape index (κ2) is 6.54. The van der Waals surface area contributed by atoms with E-state index in [9.17, 15) is 9.59 Å². The van der Waals surface area contributed by atoms with Crippen molar-refractivity contribution in [3.8, 4) is 0 Å². The van der Waals surface area contributed by atoms with Gasteiger partial charge in [-0.1, -0.05) is 15.9 Å². The Morgan fingerprint density at radius 2 is 2.00 bits per heavy atom. The van der Waals surface area contributed by atoms with Crippen molar-refractivity contribution in [3.63, 3.8) is 0 Å². The van der Waals surface area contributed by atoms with Crippen LogP contribution in [-0.2, 0) is 9.53 Å². The quantitative estimate of drug-likeness (QED) is 0.802. The first-order chi connectivity index (χ1) is 8.47. The summed E-state index contributed by atoms with van der Waals surface area (Å²) in [5.41, 5.74) is 1.55. The van der Waals surface area contributed by atoms with Crippen LogP contribution in [0.25, 0.3) is 0 Å². The summed E-state index contributed by atoms with van der Waals surface area (Å²) in [6, 6.07) is 5.47. The first kappa shape index (κ1) is 14.7. The van der Waals surface area contributed by atoms with Gasteiger partial charge in [-0.25, -0.2) is 0 Å². The van der Waals surface area contributed by atoms with Crippen LogP contribution in [0.1, 0.15) is 22.8 Å². The number of carbonyl (C=O) groups excluding carboxylic acids is 2. The number of halogens is 1. The number of ether oxygens (including phenoxy) is 1. The third kappa shape index (κ3) is 3.84. The van der Waals surface area contributed by atoms with Gasteiger partial charge in [0, 0.05) is 16.6 Å². The highest BCUT2D eigenvalue weighted by atomic mass is 79.9. The van der Waals surface area contributed by atoms with E-state index in [-0.39, 0.29) is 12.5 Å². The molecule has 0 spiro atoms. The molecule has 0 fully saturated rings. The highest BCUT2D eigenvalue weighted by Crippen LogP contribution is 2.16. The van der Waals surface area contributed by atoms with E-state index in [1.807, 2.05) is 19.9 Å². The molecule has 0 unspecified atom stereocenters. The van der Waals surface area contributed by atoms with Gasteiger partial charge in [-0.3, -0.25) is 9.59 Å². The minimum atomic E-state index is -0.420. The summed E-state index contributed by atoms with van der Waals surface area (Å²) in [7, 11) is 1.31. The van der Waals surface area contributed by atoms with Crippen molar-refractivity contribution < 1.29 is 14.3 Å². The zero-order chi connectivity index (χ0) is 13.7. The summed E-state index contributed by atoms with van der Waals surface area (Å²) in [6.45, 7) is 4.17. The van der Waals surface area contributed by atoms with E-state index in [4.69, 9.17) is 0 Å². The van der Waals surface area contributed by atoms with Gasteiger partial charge >= 0.3 is 5.97 Å². The molecule has 0 bridgehead atoms. The largest absolute Gasteiger partial charge is 0.468 e. The number of esters is 1. The highest BCUT2D eigenvalue weighted by molar-refractivity contribution is 9.10. The number of methoxy groups -OCH3 is 1. The highest BCUT2D eigenvalue weighted by Gasteiger charge is 2.18.